The molecule has 0 spiro atoms. The minimum Gasteiger partial charge on any atom is -0.494 e. The summed E-state index contributed by atoms with van der Waals surface area (Å²) in [4.78, 5) is 14.7. The third-order valence-electron chi connectivity index (χ3n) is 6.73. The summed E-state index contributed by atoms with van der Waals surface area (Å²) in [6.45, 7) is 3.65. The van der Waals surface area contributed by atoms with Gasteiger partial charge in [0.25, 0.3) is 5.91 Å². The zero-order valence-corrected chi connectivity index (χ0v) is 27.2. The molecule has 0 atom stereocenters. The summed E-state index contributed by atoms with van der Waals surface area (Å²) >= 11 is 8.16. The van der Waals surface area contributed by atoms with Crippen LogP contribution >= 0.6 is 40.3 Å². The maximum Gasteiger partial charge on any atom is 0.262 e. The fourth-order valence-corrected chi connectivity index (χ4v) is 5.49. The molecule has 0 unspecified atom stereocenters. The van der Waals surface area contributed by atoms with E-state index in [2.05, 4.69) is 34.8 Å². The molecule has 1 aliphatic heterocycles. The van der Waals surface area contributed by atoms with Gasteiger partial charge in [-0.2, -0.15) is 0 Å². The van der Waals surface area contributed by atoms with Crippen molar-refractivity contribution in [3.63, 3.8) is 0 Å². The number of halogens is 2. The summed E-state index contributed by atoms with van der Waals surface area (Å²) in [5, 5.41) is 5.43. The molecule has 1 aliphatic rings. The van der Waals surface area contributed by atoms with E-state index in [9.17, 15) is 4.79 Å². The van der Waals surface area contributed by atoms with Crippen LogP contribution in [-0.2, 0) is 11.3 Å². The number of nitrogens with zero attached hydrogens (tertiary/aromatic N) is 1. The van der Waals surface area contributed by atoms with Crippen molar-refractivity contribution >= 4 is 51.9 Å². The van der Waals surface area contributed by atoms with Crippen LogP contribution in [0.4, 0.5) is 5.69 Å². The van der Waals surface area contributed by atoms with Gasteiger partial charge in [0, 0.05) is 24.5 Å². The fraction of sp³-hybridized carbons (Fsp3) is 0.531. The number of amides is 1. The molecule has 0 radical (unpaired) electrons. The van der Waals surface area contributed by atoms with E-state index < -0.39 is 0 Å². The van der Waals surface area contributed by atoms with Gasteiger partial charge in [-0.15, -0.1) is 28.7 Å². The number of anilines is 1. The van der Waals surface area contributed by atoms with Crippen LogP contribution in [0, 0.1) is 0 Å². The van der Waals surface area contributed by atoms with Gasteiger partial charge in [0.1, 0.15) is 11.5 Å². The normalized spacial score (nSPS) is 12.3. The first kappa shape index (κ1) is 34.4. The van der Waals surface area contributed by atoms with E-state index in [1.54, 1.807) is 23.9 Å². The Balaban J connectivity index is 0.00000560. The fourth-order valence-electron chi connectivity index (χ4n) is 4.55. The maximum absolute atomic E-state index is 12.4. The highest BCUT2D eigenvalue weighted by Gasteiger charge is 2.10. The minimum absolute atomic E-state index is 0. The summed E-state index contributed by atoms with van der Waals surface area (Å²) in [5.41, 5.74) is 1.90. The predicted molar refractivity (Wildman–Crippen MR) is 176 cm³/mol. The van der Waals surface area contributed by atoms with Crippen molar-refractivity contribution in [2.75, 3.05) is 24.4 Å². The van der Waals surface area contributed by atoms with Crippen LogP contribution < -0.4 is 14.8 Å². The number of hydrogen-bond acceptors (Lipinski definition) is 5. The Morgan fingerprint density at radius 1 is 0.925 bits per heavy atom. The monoisotopic (exact) mass is 652 g/mol. The molecule has 222 valence electrons. The molecule has 5 nitrogen and oxygen atoms in total. The van der Waals surface area contributed by atoms with Crippen molar-refractivity contribution in [1.82, 2.24) is 4.90 Å². The topological polar surface area (TPSA) is 50.8 Å². The Bertz CT molecular complexity index is 1020. The standard InChI is InChI=1S/C32H45ClN2O3S.BrH/c1-2-3-4-5-6-7-8-9-10-11-12-13-20-37-29-17-18-31(30(33)23-29)38-25-32(36)34-28-16-14-15-27(22-28)24-35-19-21-39-26-35;/h14-19,21-23H,2-13,20,24-26H2,1H3,(H,34,36);1H. The highest BCUT2D eigenvalue weighted by Crippen LogP contribution is 2.29. The lowest BCUT2D eigenvalue weighted by molar-refractivity contribution is -0.118. The van der Waals surface area contributed by atoms with Crippen LogP contribution in [0.1, 0.15) is 89.5 Å². The smallest absolute Gasteiger partial charge is 0.262 e. The van der Waals surface area contributed by atoms with E-state index >= 15 is 0 Å². The van der Waals surface area contributed by atoms with E-state index in [1.807, 2.05) is 24.3 Å². The Hall–Kier alpha value is -1.83. The second-order valence-corrected chi connectivity index (χ2v) is 11.5. The lowest BCUT2D eigenvalue weighted by Crippen LogP contribution is -2.20. The number of ether oxygens (including phenoxy) is 2. The Morgan fingerprint density at radius 2 is 1.62 bits per heavy atom. The van der Waals surface area contributed by atoms with Crippen LogP contribution in [0.25, 0.3) is 0 Å². The van der Waals surface area contributed by atoms with E-state index in [-0.39, 0.29) is 29.5 Å². The van der Waals surface area contributed by atoms with Gasteiger partial charge < -0.3 is 19.7 Å². The van der Waals surface area contributed by atoms with Crippen LogP contribution in [0.5, 0.6) is 11.5 Å². The van der Waals surface area contributed by atoms with Crippen molar-refractivity contribution in [3.05, 3.63) is 64.7 Å². The largest absolute Gasteiger partial charge is 0.494 e. The van der Waals surface area contributed by atoms with Crippen molar-refractivity contribution in [3.8, 4) is 11.5 Å². The second kappa shape index (κ2) is 21.0. The number of carbonyl (C=O) groups excluding carboxylic acids is 1. The van der Waals surface area contributed by atoms with Crippen molar-refractivity contribution in [2.24, 2.45) is 0 Å². The van der Waals surface area contributed by atoms with Gasteiger partial charge in [-0.1, -0.05) is 101 Å². The second-order valence-electron chi connectivity index (χ2n) is 10.2. The molecule has 1 N–H and O–H groups in total. The predicted octanol–water partition coefficient (Wildman–Crippen LogP) is 9.99. The molecule has 1 heterocycles. The first-order valence-electron chi connectivity index (χ1n) is 14.6. The van der Waals surface area contributed by atoms with E-state index in [4.69, 9.17) is 21.1 Å². The Labute approximate surface area is 261 Å². The highest BCUT2D eigenvalue weighted by molar-refractivity contribution is 8.93. The molecule has 0 fully saturated rings. The maximum atomic E-state index is 12.4. The van der Waals surface area contributed by atoms with Gasteiger partial charge in [-0.05, 0) is 41.7 Å². The molecular weight excluding hydrogens is 608 g/mol. The average molecular weight is 654 g/mol. The van der Waals surface area contributed by atoms with E-state index in [0.717, 1.165) is 35.8 Å². The van der Waals surface area contributed by atoms with Crippen LogP contribution in [0.2, 0.25) is 5.02 Å². The SMILES string of the molecule is Br.CCCCCCCCCCCCCCOc1ccc(OCC(=O)Nc2cccc(CN3C=CSC3)c2)c(Cl)c1. The highest BCUT2D eigenvalue weighted by atomic mass is 79.9. The summed E-state index contributed by atoms with van der Waals surface area (Å²) in [6, 6.07) is 13.2. The molecule has 0 aromatic heterocycles. The zero-order chi connectivity index (χ0) is 27.5. The zero-order valence-electron chi connectivity index (χ0n) is 23.9. The Morgan fingerprint density at radius 3 is 2.27 bits per heavy atom. The lowest BCUT2D eigenvalue weighted by Gasteiger charge is -2.15. The van der Waals surface area contributed by atoms with Gasteiger partial charge >= 0.3 is 0 Å². The summed E-state index contributed by atoms with van der Waals surface area (Å²) < 4.78 is 11.5. The Kier molecular flexibility index (Phi) is 18.0. The van der Waals surface area contributed by atoms with Crippen molar-refractivity contribution in [2.45, 2.75) is 90.5 Å². The molecule has 1 amide bonds. The summed E-state index contributed by atoms with van der Waals surface area (Å²) in [6.07, 6.45) is 18.0. The summed E-state index contributed by atoms with van der Waals surface area (Å²) in [7, 11) is 0. The van der Waals surface area contributed by atoms with Gasteiger partial charge in [0.05, 0.1) is 17.5 Å². The van der Waals surface area contributed by atoms with Crippen molar-refractivity contribution < 1.29 is 14.3 Å². The number of nitrogens with one attached hydrogen (secondary N) is 1. The van der Waals surface area contributed by atoms with Crippen LogP contribution in [0.15, 0.2) is 54.1 Å². The number of hydrogen-bond donors (Lipinski definition) is 1. The lowest BCUT2D eigenvalue weighted by atomic mass is 10.1. The van der Waals surface area contributed by atoms with Crippen LogP contribution in [0.3, 0.4) is 0 Å². The van der Waals surface area contributed by atoms with Gasteiger partial charge in [-0.3, -0.25) is 4.79 Å². The number of carbonyl (C=O) groups is 1. The average Bonchev–Trinajstić information content (AvgIpc) is 3.44. The van der Waals surface area contributed by atoms with Crippen LogP contribution in [-0.4, -0.2) is 29.9 Å². The van der Waals surface area contributed by atoms with E-state index in [1.165, 1.54) is 70.6 Å². The first-order valence-corrected chi connectivity index (χ1v) is 16.0. The third-order valence-corrected chi connectivity index (χ3v) is 7.82. The molecular formula is C32H46BrClN2O3S. The molecule has 0 aliphatic carbocycles. The van der Waals surface area contributed by atoms with Crippen molar-refractivity contribution in [1.29, 1.82) is 0 Å². The third kappa shape index (κ3) is 14.2. The minimum atomic E-state index is -0.229. The quantitative estimate of drug-likeness (QED) is 0.144. The number of rotatable bonds is 20. The van der Waals surface area contributed by atoms with Gasteiger partial charge in [0.15, 0.2) is 6.61 Å². The number of benzene rings is 2. The number of unbranched alkanes of at least 4 members (excludes halogenated alkanes) is 11. The van der Waals surface area contributed by atoms with Gasteiger partial charge in [-0.25, -0.2) is 0 Å². The molecule has 0 saturated heterocycles. The van der Waals surface area contributed by atoms with E-state index in [0.29, 0.717) is 17.4 Å². The first-order chi connectivity index (χ1) is 19.1. The summed E-state index contributed by atoms with van der Waals surface area (Å²) in [5.74, 6) is 1.92. The molecule has 8 heteroatoms. The molecule has 0 bridgehead atoms. The number of thioether (sulfide) groups is 1. The molecule has 3 rings (SSSR count). The molecule has 2 aromatic carbocycles. The molecule has 2 aromatic rings. The molecule has 0 saturated carbocycles. The molecule has 40 heavy (non-hydrogen) atoms. The van der Waals surface area contributed by atoms with Gasteiger partial charge in [0.2, 0.25) is 0 Å².